The maximum Gasteiger partial charge on any atom is 0.307 e. The first-order chi connectivity index (χ1) is 14.3. The van der Waals surface area contributed by atoms with Gasteiger partial charge in [-0.2, -0.15) is 0 Å². The molecule has 0 spiro atoms. The lowest BCUT2D eigenvalue weighted by molar-refractivity contribution is -0.136. The fourth-order valence-corrected chi connectivity index (χ4v) is 4.44. The number of aromatic nitrogens is 1. The van der Waals surface area contributed by atoms with Crippen molar-refractivity contribution in [3.05, 3.63) is 64.3 Å². The van der Waals surface area contributed by atoms with Gasteiger partial charge < -0.3 is 19.7 Å². The largest absolute Gasteiger partial charge is 0.495 e. The number of methoxy groups -OCH3 is 1. The first kappa shape index (κ1) is 20.3. The number of carboxylic acid groups (broad SMARTS) is 1. The van der Waals surface area contributed by atoms with E-state index in [1.165, 1.54) is 0 Å². The predicted octanol–water partition coefficient (Wildman–Crippen LogP) is 4.28. The van der Waals surface area contributed by atoms with E-state index in [9.17, 15) is 9.59 Å². The van der Waals surface area contributed by atoms with Crippen LogP contribution in [-0.4, -0.2) is 28.7 Å². The number of fused-ring (bicyclic) bond motifs is 1. The highest BCUT2D eigenvalue weighted by molar-refractivity contribution is 6.37. The van der Waals surface area contributed by atoms with Gasteiger partial charge in [0.2, 0.25) is 0 Å². The number of hydrogen-bond acceptors (Lipinski definition) is 3. The zero-order valence-electron chi connectivity index (χ0n) is 16.9. The maximum atomic E-state index is 13.2. The van der Waals surface area contributed by atoms with E-state index in [4.69, 9.17) is 21.4 Å². The van der Waals surface area contributed by atoms with E-state index in [-0.39, 0.29) is 12.3 Å². The van der Waals surface area contributed by atoms with Gasteiger partial charge in [0.15, 0.2) is 0 Å². The minimum absolute atomic E-state index is 0.0141. The molecule has 0 aliphatic heterocycles. The molecule has 3 aromatic rings. The topological polar surface area (TPSA) is 80.6 Å². The molecule has 30 heavy (non-hydrogen) atoms. The molecule has 2 N–H and O–H groups in total. The summed E-state index contributed by atoms with van der Waals surface area (Å²) in [4.78, 5) is 24.1. The molecule has 1 fully saturated rings. The zero-order chi connectivity index (χ0) is 21.5. The molecule has 1 aliphatic carbocycles. The summed E-state index contributed by atoms with van der Waals surface area (Å²) in [5.41, 5.74) is 2.68. The van der Waals surface area contributed by atoms with Crippen molar-refractivity contribution < 1.29 is 19.4 Å². The van der Waals surface area contributed by atoms with Crippen molar-refractivity contribution in [1.82, 2.24) is 9.88 Å². The highest BCUT2D eigenvalue weighted by atomic mass is 35.5. The summed E-state index contributed by atoms with van der Waals surface area (Å²) in [6.07, 6.45) is 2.69. The molecule has 0 saturated heterocycles. The first-order valence-electron chi connectivity index (χ1n) is 9.80. The molecule has 0 radical (unpaired) electrons. The highest BCUT2D eigenvalue weighted by Gasteiger charge is 2.40. The van der Waals surface area contributed by atoms with Crippen LogP contribution < -0.4 is 10.1 Å². The van der Waals surface area contributed by atoms with Gasteiger partial charge in [-0.25, -0.2) is 0 Å². The fourth-order valence-electron chi connectivity index (χ4n) is 4.15. The van der Waals surface area contributed by atoms with Crippen LogP contribution >= 0.6 is 11.6 Å². The standard InChI is InChI=1S/C23H23ClN2O4/c1-26-17-8-9-19(30-2)21(24)16(17)13-18(26)22(29)25-23(10-3-11-23)15-6-4-14(5-7-15)12-20(27)28/h4-9,13H,3,10-12H2,1-2H3,(H,25,29)(H,27,28). The van der Waals surface area contributed by atoms with Gasteiger partial charge >= 0.3 is 5.97 Å². The van der Waals surface area contributed by atoms with Crippen LogP contribution in [0.5, 0.6) is 5.75 Å². The third-order valence-corrected chi connectivity index (χ3v) is 6.39. The molecule has 1 saturated carbocycles. The van der Waals surface area contributed by atoms with Crippen LogP contribution in [0.15, 0.2) is 42.5 Å². The quantitative estimate of drug-likeness (QED) is 0.616. The van der Waals surface area contributed by atoms with E-state index in [1.807, 2.05) is 41.9 Å². The van der Waals surface area contributed by atoms with Crippen molar-refractivity contribution in [2.75, 3.05) is 7.11 Å². The average molecular weight is 427 g/mol. The second kappa shape index (κ2) is 7.69. The molecule has 7 heteroatoms. The van der Waals surface area contributed by atoms with Crippen molar-refractivity contribution in [1.29, 1.82) is 0 Å². The number of hydrogen-bond donors (Lipinski definition) is 2. The van der Waals surface area contributed by atoms with Crippen molar-refractivity contribution in [2.45, 2.75) is 31.2 Å². The number of aliphatic carboxylic acids is 1. The van der Waals surface area contributed by atoms with Crippen LogP contribution in [0, 0.1) is 0 Å². The summed E-state index contributed by atoms with van der Waals surface area (Å²) in [5.74, 6) is -0.461. The lowest BCUT2D eigenvalue weighted by atomic mass is 9.71. The number of nitrogens with zero attached hydrogens (tertiary/aromatic N) is 1. The zero-order valence-corrected chi connectivity index (χ0v) is 17.6. The molecule has 6 nitrogen and oxygen atoms in total. The summed E-state index contributed by atoms with van der Waals surface area (Å²) in [7, 11) is 3.40. The number of amides is 1. The maximum absolute atomic E-state index is 13.2. The summed E-state index contributed by atoms with van der Waals surface area (Å²) in [6, 6.07) is 12.9. The smallest absolute Gasteiger partial charge is 0.307 e. The van der Waals surface area contributed by atoms with E-state index in [0.29, 0.717) is 16.5 Å². The van der Waals surface area contributed by atoms with Crippen molar-refractivity contribution in [2.24, 2.45) is 7.05 Å². The molecule has 0 bridgehead atoms. The van der Waals surface area contributed by atoms with Gasteiger partial charge in [-0.3, -0.25) is 9.59 Å². The van der Waals surface area contributed by atoms with E-state index in [1.54, 1.807) is 19.2 Å². The molecular formula is C23H23ClN2O4. The Hall–Kier alpha value is -2.99. The number of carboxylic acids is 1. The summed E-state index contributed by atoms with van der Waals surface area (Å²) in [6.45, 7) is 0. The molecule has 2 aromatic carbocycles. The Morgan fingerprint density at radius 3 is 2.47 bits per heavy atom. The minimum Gasteiger partial charge on any atom is -0.495 e. The Labute approximate surface area is 179 Å². The number of rotatable bonds is 6. The van der Waals surface area contributed by atoms with E-state index >= 15 is 0 Å². The minimum atomic E-state index is -0.861. The van der Waals surface area contributed by atoms with Crippen LogP contribution in [0.3, 0.4) is 0 Å². The van der Waals surface area contributed by atoms with Crippen LogP contribution in [0.2, 0.25) is 5.02 Å². The second-order valence-corrected chi connectivity index (χ2v) is 8.14. The Morgan fingerprint density at radius 1 is 1.20 bits per heavy atom. The number of benzene rings is 2. The summed E-state index contributed by atoms with van der Waals surface area (Å²) >= 11 is 6.44. The Balaban J connectivity index is 1.63. The molecule has 1 aromatic heterocycles. The van der Waals surface area contributed by atoms with Gasteiger partial charge in [0.1, 0.15) is 11.4 Å². The second-order valence-electron chi connectivity index (χ2n) is 7.76. The van der Waals surface area contributed by atoms with Gasteiger partial charge in [-0.05, 0) is 48.6 Å². The first-order valence-corrected chi connectivity index (χ1v) is 10.2. The molecule has 1 heterocycles. The predicted molar refractivity (Wildman–Crippen MR) is 115 cm³/mol. The highest BCUT2D eigenvalue weighted by Crippen LogP contribution is 2.42. The van der Waals surface area contributed by atoms with Crippen LogP contribution in [0.4, 0.5) is 0 Å². The lowest BCUT2D eigenvalue weighted by Gasteiger charge is -2.43. The van der Waals surface area contributed by atoms with Gasteiger partial charge in [0, 0.05) is 12.4 Å². The van der Waals surface area contributed by atoms with Crippen LogP contribution in [-0.2, 0) is 23.8 Å². The Kier molecular flexibility index (Phi) is 5.20. The van der Waals surface area contributed by atoms with Gasteiger partial charge in [-0.1, -0.05) is 35.9 Å². The molecule has 1 amide bonds. The SMILES string of the molecule is COc1ccc2c(cc(C(=O)NC3(c4ccc(CC(=O)O)cc4)CCC3)n2C)c1Cl. The molecule has 156 valence electrons. The lowest BCUT2D eigenvalue weighted by Crippen LogP contribution is -2.51. The van der Waals surface area contributed by atoms with Crippen molar-refractivity contribution in [3.63, 3.8) is 0 Å². The number of nitrogens with one attached hydrogen (secondary N) is 1. The average Bonchev–Trinajstić information content (AvgIpc) is 3.03. The Morgan fingerprint density at radius 2 is 1.90 bits per heavy atom. The molecule has 4 rings (SSSR count). The molecule has 0 atom stereocenters. The number of carbonyl (C=O) groups excluding carboxylic acids is 1. The normalized spacial score (nSPS) is 14.9. The van der Waals surface area contributed by atoms with Crippen molar-refractivity contribution in [3.8, 4) is 5.75 Å². The van der Waals surface area contributed by atoms with Gasteiger partial charge in [0.05, 0.1) is 29.6 Å². The third-order valence-electron chi connectivity index (χ3n) is 6.00. The van der Waals surface area contributed by atoms with E-state index in [2.05, 4.69) is 5.32 Å². The summed E-state index contributed by atoms with van der Waals surface area (Å²) in [5, 5.41) is 13.4. The van der Waals surface area contributed by atoms with Crippen molar-refractivity contribution >= 4 is 34.4 Å². The van der Waals surface area contributed by atoms with E-state index in [0.717, 1.165) is 41.3 Å². The molecule has 1 aliphatic rings. The monoisotopic (exact) mass is 426 g/mol. The van der Waals surface area contributed by atoms with Gasteiger partial charge in [-0.15, -0.1) is 0 Å². The Bertz CT molecular complexity index is 1130. The number of aryl methyl sites for hydroxylation is 1. The fraction of sp³-hybridized carbons (Fsp3) is 0.304. The number of halogens is 1. The van der Waals surface area contributed by atoms with E-state index < -0.39 is 11.5 Å². The molecule has 0 unspecified atom stereocenters. The molecular weight excluding hydrogens is 404 g/mol. The van der Waals surface area contributed by atoms with Crippen LogP contribution in [0.1, 0.15) is 40.9 Å². The third kappa shape index (κ3) is 3.41. The van der Waals surface area contributed by atoms with Gasteiger partial charge in [0.25, 0.3) is 5.91 Å². The number of ether oxygens (including phenoxy) is 1. The summed E-state index contributed by atoms with van der Waals surface area (Å²) < 4.78 is 7.11. The number of carbonyl (C=O) groups is 2. The van der Waals surface area contributed by atoms with Crippen LogP contribution in [0.25, 0.3) is 10.9 Å².